The third-order valence-corrected chi connectivity index (χ3v) is 5.60. The van der Waals surface area contributed by atoms with Gasteiger partial charge in [0.15, 0.2) is 0 Å². The average Bonchev–Trinajstić information content (AvgIpc) is 3.10. The number of anilines is 1. The van der Waals surface area contributed by atoms with E-state index in [-0.39, 0.29) is 4.90 Å². The fraction of sp³-hybridized carbons (Fsp3) is 0.105. The summed E-state index contributed by atoms with van der Waals surface area (Å²) in [6.07, 6.45) is 2.99. The normalized spacial score (nSPS) is 11.5. The van der Waals surface area contributed by atoms with E-state index in [0.717, 1.165) is 5.39 Å². The molecule has 1 aromatic carbocycles. The molecule has 0 aliphatic rings. The number of benzene rings is 1. The Labute approximate surface area is 161 Å². The maximum Gasteiger partial charge on any atom is 0.263 e. The highest BCUT2D eigenvalue weighted by Gasteiger charge is 2.18. The standard InChI is InChI=1S/C19H17N5O3S/c1-24-19-13(11-21-24)5-3-7-17(19)23-28(25,26)14-9-10-15(20-12-14)16-6-4-8-18(22-16)27-2/h3-12,23H,1-2H3. The number of ether oxygens (including phenoxy) is 1. The number of aryl methyl sites for hydroxylation is 1. The molecule has 4 aromatic rings. The van der Waals surface area contributed by atoms with E-state index in [4.69, 9.17) is 4.74 Å². The zero-order valence-electron chi connectivity index (χ0n) is 15.2. The molecule has 9 heteroatoms. The Balaban J connectivity index is 1.65. The first-order chi connectivity index (χ1) is 13.5. The number of nitrogens with zero attached hydrogens (tertiary/aromatic N) is 4. The molecule has 0 aliphatic carbocycles. The van der Waals surface area contributed by atoms with Gasteiger partial charge >= 0.3 is 0 Å². The van der Waals surface area contributed by atoms with Crippen molar-refractivity contribution in [1.82, 2.24) is 19.7 Å². The fourth-order valence-corrected chi connectivity index (χ4v) is 3.89. The van der Waals surface area contributed by atoms with E-state index in [9.17, 15) is 8.42 Å². The number of nitrogens with one attached hydrogen (secondary N) is 1. The van der Waals surface area contributed by atoms with Crippen LogP contribution in [0.3, 0.4) is 0 Å². The molecule has 1 N–H and O–H groups in total. The third-order valence-electron chi connectivity index (χ3n) is 4.25. The molecule has 0 amide bonds. The van der Waals surface area contributed by atoms with Gasteiger partial charge in [-0.1, -0.05) is 18.2 Å². The molecule has 8 nitrogen and oxygen atoms in total. The molecule has 0 saturated carbocycles. The summed E-state index contributed by atoms with van der Waals surface area (Å²) in [6, 6.07) is 13.8. The van der Waals surface area contributed by atoms with Gasteiger partial charge in [-0.3, -0.25) is 14.4 Å². The van der Waals surface area contributed by atoms with Crippen LogP contribution in [0, 0.1) is 0 Å². The maximum atomic E-state index is 12.8. The second-order valence-corrected chi connectivity index (χ2v) is 7.74. The number of hydrogen-bond acceptors (Lipinski definition) is 6. The van der Waals surface area contributed by atoms with Crippen LogP contribution in [0.2, 0.25) is 0 Å². The summed E-state index contributed by atoms with van der Waals surface area (Å²) in [5.74, 6) is 0.460. The van der Waals surface area contributed by atoms with Crippen LogP contribution < -0.4 is 9.46 Å². The van der Waals surface area contributed by atoms with E-state index in [1.807, 2.05) is 6.07 Å². The molecule has 0 unspecified atom stereocenters. The molecule has 3 aromatic heterocycles. The predicted molar refractivity (Wildman–Crippen MR) is 106 cm³/mol. The van der Waals surface area contributed by atoms with Gasteiger partial charge in [-0.15, -0.1) is 0 Å². The number of pyridine rings is 2. The zero-order valence-corrected chi connectivity index (χ0v) is 16.0. The Hall–Kier alpha value is -3.46. The second-order valence-electron chi connectivity index (χ2n) is 6.06. The number of rotatable bonds is 5. The van der Waals surface area contributed by atoms with Gasteiger partial charge in [-0.2, -0.15) is 5.10 Å². The van der Waals surface area contributed by atoms with Crippen LogP contribution in [0.1, 0.15) is 0 Å². The summed E-state index contributed by atoms with van der Waals surface area (Å²) < 4.78 is 35.0. The molecular weight excluding hydrogens is 378 g/mol. The Morgan fingerprint density at radius 2 is 1.82 bits per heavy atom. The third kappa shape index (κ3) is 3.27. The number of para-hydroxylation sites is 1. The van der Waals surface area contributed by atoms with E-state index < -0.39 is 10.0 Å². The van der Waals surface area contributed by atoms with Crippen molar-refractivity contribution in [3.8, 4) is 17.3 Å². The maximum absolute atomic E-state index is 12.8. The first-order valence-electron chi connectivity index (χ1n) is 8.39. The summed E-state index contributed by atoms with van der Waals surface area (Å²) in [6.45, 7) is 0. The SMILES string of the molecule is COc1cccc(-c2ccc(S(=O)(=O)Nc3cccc4cnn(C)c34)cn2)n1. The largest absolute Gasteiger partial charge is 0.481 e. The lowest BCUT2D eigenvalue weighted by atomic mass is 10.2. The Bertz CT molecular complexity index is 1250. The van der Waals surface area contributed by atoms with Gasteiger partial charge in [0.25, 0.3) is 10.0 Å². The number of hydrogen-bond donors (Lipinski definition) is 1. The Kier molecular flexibility index (Phi) is 4.44. The monoisotopic (exact) mass is 395 g/mol. The van der Waals surface area contributed by atoms with Gasteiger partial charge in [-0.25, -0.2) is 13.4 Å². The van der Waals surface area contributed by atoms with Crippen molar-refractivity contribution in [2.45, 2.75) is 4.90 Å². The van der Waals surface area contributed by atoms with Gasteiger partial charge in [0.2, 0.25) is 5.88 Å². The molecular formula is C19H17N5O3S. The number of aromatic nitrogens is 4. The lowest BCUT2D eigenvalue weighted by Gasteiger charge is -2.10. The van der Waals surface area contributed by atoms with E-state index in [1.54, 1.807) is 54.3 Å². The van der Waals surface area contributed by atoms with Gasteiger partial charge < -0.3 is 4.74 Å². The minimum absolute atomic E-state index is 0.0540. The quantitative estimate of drug-likeness (QED) is 0.558. The van der Waals surface area contributed by atoms with Crippen molar-refractivity contribution in [2.75, 3.05) is 11.8 Å². The van der Waals surface area contributed by atoms with Crippen molar-refractivity contribution >= 4 is 26.6 Å². The summed E-state index contributed by atoms with van der Waals surface area (Å²) in [4.78, 5) is 8.60. The lowest BCUT2D eigenvalue weighted by Crippen LogP contribution is -2.14. The van der Waals surface area contributed by atoms with Crippen molar-refractivity contribution in [3.05, 3.63) is 60.9 Å². The van der Waals surface area contributed by atoms with Crippen molar-refractivity contribution in [1.29, 1.82) is 0 Å². The molecule has 0 atom stereocenters. The van der Waals surface area contributed by atoms with Crippen LogP contribution in [0.15, 0.2) is 65.8 Å². The van der Waals surface area contributed by atoms with Gasteiger partial charge in [-0.05, 0) is 24.3 Å². The number of sulfonamides is 1. The minimum atomic E-state index is -3.81. The Morgan fingerprint density at radius 1 is 1.00 bits per heavy atom. The van der Waals surface area contributed by atoms with Gasteiger partial charge in [0, 0.05) is 24.7 Å². The molecule has 0 saturated heterocycles. The molecule has 0 spiro atoms. The Morgan fingerprint density at radius 3 is 2.57 bits per heavy atom. The number of methoxy groups -OCH3 is 1. The molecule has 4 rings (SSSR count). The fourth-order valence-electron chi connectivity index (χ4n) is 2.88. The highest BCUT2D eigenvalue weighted by atomic mass is 32.2. The first-order valence-corrected chi connectivity index (χ1v) is 9.87. The minimum Gasteiger partial charge on any atom is -0.481 e. The molecule has 0 fully saturated rings. The van der Waals surface area contributed by atoms with E-state index in [1.165, 1.54) is 19.4 Å². The lowest BCUT2D eigenvalue weighted by molar-refractivity contribution is 0.398. The van der Waals surface area contributed by atoms with Crippen LogP contribution >= 0.6 is 0 Å². The second kappa shape index (κ2) is 6.93. The molecule has 28 heavy (non-hydrogen) atoms. The predicted octanol–water partition coefficient (Wildman–Crippen LogP) is 2.84. The van der Waals surface area contributed by atoms with Crippen molar-refractivity contribution in [2.24, 2.45) is 7.05 Å². The van der Waals surface area contributed by atoms with Crippen LogP contribution in [0.5, 0.6) is 5.88 Å². The molecule has 0 bridgehead atoms. The van der Waals surface area contributed by atoms with Crippen LogP contribution in [-0.4, -0.2) is 35.3 Å². The highest BCUT2D eigenvalue weighted by molar-refractivity contribution is 7.92. The summed E-state index contributed by atoms with van der Waals surface area (Å²) in [5, 5.41) is 5.02. The van der Waals surface area contributed by atoms with Crippen molar-refractivity contribution in [3.63, 3.8) is 0 Å². The van der Waals surface area contributed by atoms with Crippen LogP contribution in [0.4, 0.5) is 5.69 Å². The smallest absolute Gasteiger partial charge is 0.263 e. The molecule has 3 heterocycles. The number of fused-ring (bicyclic) bond motifs is 1. The van der Waals surface area contributed by atoms with E-state index in [2.05, 4.69) is 19.8 Å². The van der Waals surface area contributed by atoms with Gasteiger partial charge in [0.1, 0.15) is 4.90 Å². The summed E-state index contributed by atoms with van der Waals surface area (Å²) >= 11 is 0. The molecule has 0 radical (unpaired) electrons. The van der Waals surface area contributed by atoms with Crippen LogP contribution in [0.25, 0.3) is 22.3 Å². The van der Waals surface area contributed by atoms with Crippen LogP contribution in [-0.2, 0) is 17.1 Å². The van der Waals surface area contributed by atoms with E-state index in [0.29, 0.717) is 28.5 Å². The molecule has 142 valence electrons. The highest BCUT2D eigenvalue weighted by Crippen LogP contribution is 2.26. The topological polar surface area (TPSA) is 99.0 Å². The van der Waals surface area contributed by atoms with Gasteiger partial charge in [0.05, 0.1) is 35.9 Å². The summed E-state index contributed by atoms with van der Waals surface area (Å²) in [5.41, 5.74) is 2.30. The molecule has 0 aliphatic heterocycles. The van der Waals surface area contributed by atoms with E-state index >= 15 is 0 Å². The zero-order chi connectivity index (χ0) is 19.7. The average molecular weight is 395 g/mol. The first kappa shape index (κ1) is 17.9. The van der Waals surface area contributed by atoms with Crippen molar-refractivity contribution < 1.29 is 13.2 Å². The summed E-state index contributed by atoms with van der Waals surface area (Å²) in [7, 11) is -0.517.